The summed E-state index contributed by atoms with van der Waals surface area (Å²) in [4.78, 5) is 2.24. The Labute approximate surface area is 122 Å². The average Bonchev–Trinajstić information content (AvgIpc) is 2.39. The van der Waals surface area contributed by atoms with E-state index in [1.165, 1.54) is 33.6 Å². The minimum Gasteiger partial charge on any atom is -0.345 e. The molecule has 0 atom stereocenters. The Morgan fingerprint density at radius 3 is 2.10 bits per heavy atom. The third kappa shape index (κ3) is 3.20. The second-order valence-electron chi connectivity index (χ2n) is 5.55. The van der Waals surface area contributed by atoms with E-state index in [4.69, 9.17) is 5.73 Å². The number of nitrogens with zero attached hydrogens (tertiary/aromatic N) is 1. The van der Waals surface area contributed by atoms with E-state index in [0.29, 0.717) is 6.54 Å². The summed E-state index contributed by atoms with van der Waals surface area (Å²) >= 11 is 0. The van der Waals surface area contributed by atoms with Gasteiger partial charge in [0.1, 0.15) is 0 Å². The largest absolute Gasteiger partial charge is 0.345 e. The normalized spacial score (nSPS) is 10.7. The molecule has 0 aliphatic heterocycles. The van der Waals surface area contributed by atoms with Gasteiger partial charge in [-0.15, -0.1) is 0 Å². The molecular weight excluding hydrogens is 244 g/mol. The second-order valence-corrected chi connectivity index (χ2v) is 5.55. The van der Waals surface area contributed by atoms with E-state index in [-0.39, 0.29) is 0 Å². The van der Waals surface area contributed by atoms with Crippen molar-refractivity contribution in [1.29, 1.82) is 0 Å². The van der Waals surface area contributed by atoms with Gasteiger partial charge in [-0.05, 0) is 80.3 Å². The zero-order chi connectivity index (χ0) is 14.7. The summed E-state index contributed by atoms with van der Waals surface area (Å²) in [5.41, 5.74) is 13.3. The molecule has 0 heterocycles. The number of aryl methyl sites for hydroxylation is 3. The predicted molar refractivity (Wildman–Crippen MR) is 87.9 cm³/mol. The molecule has 106 valence electrons. The van der Waals surface area contributed by atoms with Gasteiger partial charge in [0.15, 0.2) is 0 Å². The van der Waals surface area contributed by atoms with Gasteiger partial charge in [0.2, 0.25) is 0 Å². The number of anilines is 2. The van der Waals surface area contributed by atoms with Gasteiger partial charge in [0.05, 0.1) is 0 Å². The van der Waals surface area contributed by atoms with Crippen LogP contribution in [-0.4, -0.2) is 13.6 Å². The summed E-state index contributed by atoms with van der Waals surface area (Å²) in [6, 6.07) is 13.2. The van der Waals surface area contributed by atoms with Crippen LogP contribution in [0.1, 0.15) is 22.3 Å². The molecule has 2 rings (SSSR count). The number of hydrogen-bond donors (Lipinski definition) is 1. The van der Waals surface area contributed by atoms with Gasteiger partial charge < -0.3 is 10.6 Å². The van der Waals surface area contributed by atoms with Crippen molar-refractivity contribution in [3.63, 3.8) is 0 Å². The molecule has 2 N–H and O–H groups in total. The molecule has 2 heteroatoms. The summed E-state index contributed by atoms with van der Waals surface area (Å²) in [6.07, 6.45) is 0.944. The van der Waals surface area contributed by atoms with Crippen LogP contribution in [0.2, 0.25) is 0 Å². The lowest BCUT2D eigenvalue weighted by Crippen LogP contribution is -2.11. The van der Waals surface area contributed by atoms with Crippen molar-refractivity contribution in [2.75, 3.05) is 18.5 Å². The topological polar surface area (TPSA) is 29.3 Å². The van der Waals surface area contributed by atoms with Gasteiger partial charge in [0.25, 0.3) is 0 Å². The van der Waals surface area contributed by atoms with Crippen molar-refractivity contribution in [2.24, 2.45) is 5.73 Å². The molecule has 0 aliphatic carbocycles. The molecule has 2 aromatic rings. The first-order chi connectivity index (χ1) is 9.51. The molecule has 20 heavy (non-hydrogen) atoms. The molecule has 0 unspecified atom stereocenters. The van der Waals surface area contributed by atoms with Gasteiger partial charge in [-0.3, -0.25) is 0 Å². The van der Waals surface area contributed by atoms with Crippen LogP contribution in [-0.2, 0) is 6.42 Å². The van der Waals surface area contributed by atoms with E-state index in [1.807, 2.05) is 0 Å². The van der Waals surface area contributed by atoms with Gasteiger partial charge in [0, 0.05) is 18.4 Å². The smallest absolute Gasteiger partial charge is 0.0413 e. The van der Waals surface area contributed by atoms with E-state index >= 15 is 0 Å². The van der Waals surface area contributed by atoms with Crippen molar-refractivity contribution in [2.45, 2.75) is 27.2 Å². The van der Waals surface area contributed by atoms with Crippen molar-refractivity contribution in [3.8, 4) is 0 Å². The Balaban J connectivity index is 2.33. The van der Waals surface area contributed by atoms with Crippen LogP contribution in [0.25, 0.3) is 0 Å². The van der Waals surface area contributed by atoms with Gasteiger partial charge in [-0.1, -0.05) is 12.1 Å². The van der Waals surface area contributed by atoms with Crippen LogP contribution in [0.4, 0.5) is 11.4 Å². The van der Waals surface area contributed by atoms with Crippen LogP contribution in [0.3, 0.4) is 0 Å². The average molecular weight is 268 g/mol. The highest BCUT2D eigenvalue weighted by atomic mass is 15.1. The van der Waals surface area contributed by atoms with Gasteiger partial charge >= 0.3 is 0 Å². The number of nitrogens with two attached hydrogens (primary N) is 1. The highest BCUT2D eigenvalue weighted by Gasteiger charge is 2.07. The summed E-state index contributed by atoms with van der Waals surface area (Å²) < 4.78 is 0. The van der Waals surface area contributed by atoms with Crippen molar-refractivity contribution in [1.82, 2.24) is 0 Å². The molecule has 0 aliphatic rings. The molecule has 0 saturated carbocycles. The number of rotatable bonds is 4. The Morgan fingerprint density at radius 1 is 0.900 bits per heavy atom. The Kier molecular flexibility index (Phi) is 4.46. The summed E-state index contributed by atoms with van der Waals surface area (Å²) in [7, 11) is 2.12. The minimum atomic E-state index is 0.701. The quantitative estimate of drug-likeness (QED) is 0.911. The molecule has 0 amide bonds. The molecular formula is C18H24N2. The maximum Gasteiger partial charge on any atom is 0.0413 e. The lowest BCUT2D eigenvalue weighted by molar-refractivity contribution is 0.957. The third-order valence-corrected chi connectivity index (χ3v) is 3.72. The zero-order valence-corrected chi connectivity index (χ0v) is 12.9. The van der Waals surface area contributed by atoms with Crippen LogP contribution < -0.4 is 10.6 Å². The van der Waals surface area contributed by atoms with Crippen LogP contribution in [0, 0.1) is 20.8 Å². The van der Waals surface area contributed by atoms with E-state index in [9.17, 15) is 0 Å². The lowest BCUT2D eigenvalue weighted by atomic mass is 10.0. The van der Waals surface area contributed by atoms with Crippen LogP contribution >= 0.6 is 0 Å². The first-order valence-electron chi connectivity index (χ1n) is 7.13. The Morgan fingerprint density at radius 2 is 1.55 bits per heavy atom. The summed E-state index contributed by atoms with van der Waals surface area (Å²) in [5, 5.41) is 0. The second kappa shape index (κ2) is 6.10. The van der Waals surface area contributed by atoms with Crippen molar-refractivity contribution < 1.29 is 0 Å². The maximum atomic E-state index is 5.64. The van der Waals surface area contributed by atoms with Gasteiger partial charge in [-0.25, -0.2) is 0 Å². The van der Waals surface area contributed by atoms with Crippen molar-refractivity contribution in [3.05, 3.63) is 58.7 Å². The molecule has 0 bridgehead atoms. The first-order valence-corrected chi connectivity index (χ1v) is 7.13. The zero-order valence-electron chi connectivity index (χ0n) is 12.9. The maximum absolute atomic E-state index is 5.64. The summed E-state index contributed by atoms with van der Waals surface area (Å²) in [5.74, 6) is 0. The first kappa shape index (κ1) is 14.6. The molecule has 2 nitrogen and oxygen atoms in total. The standard InChI is InChI=1S/C18H24N2/c1-13-9-14(2)11-18(10-13)20(4)17-6-5-16(7-8-19)15(3)12-17/h5-6,9-12H,7-8,19H2,1-4H3. The minimum absolute atomic E-state index is 0.701. The molecule has 0 saturated heterocycles. The van der Waals surface area contributed by atoms with Crippen molar-refractivity contribution >= 4 is 11.4 Å². The summed E-state index contributed by atoms with van der Waals surface area (Å²) in [6.45, 7) is 7.14. The fourth-order valence-electron chi connectivity index (χ4n) is 2.62. The third-order valence-electron chi connectivity index (χ3n) is 3.72. The van der Waals surface area contributed by atoms with Gasteiger partial charge in [-0.2, -0.15) is 0 Å². The molecule has 0 spiro atoms. The van der Waals surface area contributed by atoms with Crippen LogP contribution in [0.5, 0.6) is 0 Å². The van der Waals surface area contributed by atoms with E-state index in [0.717, 1.165) is 6.42 Å². The lowest BCUT2D eigenvalue weighted by Gasteiger charge is -2.22. The number of benzene rings is 2. The Hall–Kier alpha value is -1.80. The molecule has 0 aromatic heterocycles. The predicted octanol–water partition coefficient (Wildman–Crippen LogP) is 3.88. The SMILES string of the molecule is Cc1cc(C)cc(N(C)c2ccc(CCN)c(C)c2)c1. The molecule has 0 fully saturated rings. The molecule has 0 radical (unpaired) electrons. The van der Waals surface area contributed by atoms with Crippen LogP contribution in [0.15, 0.2) is 36.4 Å². The van der Waals surface area contributed by atoms with E-state index in [2.05, 4.69) is 69.1 Å². The van der Waals surface area contributed by atoms with E-state index in [1.54, 1.807) is 0 Å². The fourth-order valence-corrected chi connectivity index (χ4v) is 2.62. The highest BCUT2D eigenvalue weighted by molar-refractivity contribution is 5.65. The Bertz CT molecular complexity index is 582. The molecule has 2 aromatic carbocycles. The number of hydrogen-bond acceptors (Lipinski definition) is 2. The fraction of sp³-hybridized carbons (Fsp3) is 0.333. The monoisotopic (exact) mass is 268 g/mol. The highest BCUT2D eigenvalue weighted by Crippen LogP contribution is 2.27. The van der Waals surface area contributed by atoms with E-state index < -0.39 is 0 Å².